The lowest BCUT2D eigenvalue weighted by molar-refractivity contribution is -0.385. The number of aromatic nitrogens is 1. The van der Waals surface area contributed by atoms with E-state index in [1.54, 1.807) is 24.3 Å². The van der Waals surface area contributed by atoms with Crippen molar-refractivity contribution in [2.45, 2.75) is 33.7 Å². The molecule has 1 unspecified atom stereocenters. The Bertz CT molecular complexity index is 652. The first kappa shape index (κ1) is 14.5. The second kappa shape index (κ2) is 5.58. The average Bonchev–Trinajstić information content (AvgIpc) is 2.68. The predicted octanol–water partition coefficient (Wildman–Crippen LogP) is 4.15. The summed E-state index contributed by atoms with van der Waals surface area (Å²) < 4.78 is 0. The third kappa shape index (κ3) is 2.96. The Kier molecular flexibility index (Phi) is 4.04. The molecule has 2 heterocycles. The van der Waals surface area contributed by atoms with E-state index in [9.17, 15) is 10.1 Å². The van der Waals surface area contributed by atoms with E-state index in [1.807, 2.05) is 0 Å². The van der Waals surface area contributed by atoms with Crippen molar-refractivity contribution in [3.63, 3.8) is 0 Å². The van der Waals surface area contributed by atoms with Crippen molar-refractivity contribution in [3.05, 3.63) is 49.3 Å². The zero-order valence-corrected chi connectivity index (χ0v) is 12.7. The van der Waals surface area contributed by atoms with E-state index in [-0.39, 0.29) is 11.7 Å². The molecule has 0 bridgehead atoms. The van der Waals surface area contributed by atoms with Crippen LogP contribution in [0.4, 0.5) is 11.5 Å². The van der Waals surface area contributed by atoms with Gasteiger partial charge >= 0.3 is 0 Å². The summed E-state index contributed by atoms with van der Waals surface area (Å²) in [6.07, 6.45) is 1.30. The van der Waals surface area contributed by atoms with Crippen LogP contribution in [0.1, 0.15) is 33.8 Å². The zero-order valence-electron chi connectivity index (χ0n) is 11.9. The van der Waals surface area contributed by atoms with Gasteiger partial charge in [-0.05, 0) is 45.4 Å². The van der Waals surface area contributed by atoms with Gasteiger partial charge in [0.2, 0.25) is 0 Å². The number of anilines is 1. The van der Waals surface area contributed by atoms with Crippen LogP contribution in [0.3, 0.4) is 0 Å². The van der Waals surface area contributed by atoms with Crippen molar-refractivity contribution in [2.75, 3.05) is 5.32 Å². The van der Waals surface area contributed by atoms with Gasteiger partial charge in [0.1, 0.15) is 12.0 Å². The largest absolute Gasteiger partial charge is 0.363 e. The Morgan fingerprint density at radius 1 is 1.35 bits per heavy atom. The van der Waals surface area contributed by atoms with Crippen LogP contribution in [-0.2, 0) is 0 Å². The SMILES string of the molecule is Cc1cc(C(C)Nc2cc(C)c([N+](=O)[O-])cn2)c(C)s1. The molecule has 0 fully saturated rings. The first-order valence-electron chi connectivity index (χ1n) is 6.33. The lowest BCUT2D eigenvalue weighted by Crippen LogP contribution is -2.08. The van der Waals surface area contributed by atoms with E-state index in [1.165, 1.54) is 21.5 Å². The van der Waals surface area contributed by atoms with Crippen LogP contribution in [0.2, 0.25) is 0 Å². The summed E-state index contributed by atoms with van der Waals surface area (Å²) in [6.45, 7) is 7.96. The number of thiophene rings is 1. The van der Waals surface area contributed by atoms with Crippen LogP contribution in [0, 0.1) is 30.9 Å². The average molecular weight is 291 g/mol. The lowest BCUT2D eigenvalue weighted by atomic mass is 10.1. The van der Waals surface area contributed by atoms with E-state index in [4.69, 9.17) is 0 Å². The molecule has 2 rings (SSSR count). The van der Waals surface area contributed by atoms with Gasteiger partial charge in [-0.25, -0.2) is 4.98 Å². The van der Waals surface area contributed by atoms with E-state index in [0.717, 1.165) is 0 Å². The molecular formula is C14H17N3O2S. The van der Waals surface area contributed by atoms with Crippen LogP contribution in [0.15, 0.2) is 18.3 Å². The molecule has 6 heteroatoms. The number of nitrogens with zero attached hydrogens (tertiary/aromatic N) is 2. The second-order valence-corrected chi connectivity index (χ2v) is 6.31. The summed E-state index contributed by atoms with van der Waals surface area (Å²) in [4.78, 5) is 17.0. The van der Waals surface area contributed by atoms with Crippen LogP contribution in [-0.4, -0.2) is 9.91 Å². The molecule has 0 aromatic carbocycles. The first-order valence-corrected chi connectivity index (χ1v) is 7.14. The van der Waals surface area contributed by atoms with Gasteiger partial charge in [-0.1, -0.05) is 0 Å². The lowest BCUT2D eigenvalue weighted by Gasteiger charge is -2.14. The van der Waals surface area contributed by atoms with Crippen molar-refractivity contribution in [2.24, 2.45) is 0 Å². The minimum Gasteiger partial charge on any atom is -0.363 e. The quantitative estimate of drug-likeness (QED) is 0.678. The highest BCUT2D eigenvalue weighted by Crippen LogP contribution is 2.29. The smallest absolute Gasteiger partial charge is 0.290 e. The van der Waals surface area contributed by atoms with Gasteiger partial charge in [0.25, 0.3) is 5.69 Å². The Labute approximate surface area is 121 Å². The molecule has 106 valence electrons. The van der Waals surface area contributed by atoms with Gasteiger partial charge in [0.05, 0.1) is 11.0 Å². The second-order valence-electron chi connectivity index (χ2n) is 4.85. The Hall–Kier alpha value is -1.95. The number of hydrogen-bond donors (Lipinski definition) is 1. The summed E-state index contributed by atoms with van der Waals surface area (Å²) >= 11 is 1.77. The van der Waals surface area contributed by atoms with Gasteiger partial charge in [0, 0.05) is 15.3 Å². The van der Waals surface area contributed by atoms with Crippen LogP contribution < -0.4 is 5.32 Å². The fraction of sp³-hybridized carbons (Fsp3) is 0.357. The molecular weight excluding hydrogens is 274 g/mol. The first-order chi connectivity index (χ1) is 9.38. The third-order valence-electron chi connectivity index (χ3n) is 3.19. The summed E-state index contributed by atoms with van der Waals surface area (Å²) in [5, 5.41) is 14.1. The highest BCUT2D eigenvalue weighted by molar-refractivity contribution is 7.12. The van der Waals surface area contributed by atoms with Gasteiger partial charge in [-0.3, -0.25) is 10.1 Å². The normalized spacial score (nSPS) is 12.2. The molecule has 20 heavy (non-hydrogen) atoms. The maximum absolute atomic E-state index is 10.8. The molecule has 0 aliphatic rings. The van der Waals surface area contributed by atoms with Gasteiger partial charge in [0.15, 0.2) is 0 Å². The number of nitrogens with one attached hydrogen (secondary N) is 1. The number of pyridine rings is 1. The number of nitro groups is 1. The van der Waals surface area contributed by atoms with Crippen molar-refractivity contribution in [1.29, 1.82) is 0 Å². The monoisotopic (exact) mass is 291 g/mol. The molecule has 5 nitrogen and oxygen atoms in total. The molecule has 0 saturated carbocycles. The summed E-state index contributed by atoms with van der Waals surface area (Å²) in [7, 11) is 0. The topological polar surface area (TPSA) is 68.1 Å². The number of hydrogen-bond acceptors (Lipinski definition) is 5. The summed E-state index contributed by atoms with van der Waals surface area (Å²) in [5.74, 6) is 0.656. The van der Waals surface area contributed by atoms with Crippen molar-refractivity contribution >= 4 is 22.8 Å². The number of aryl methyl sites for hydroxylation is 3. The number of rotatable bonds is 4. The standard InChI is InChI=1S/C14H17N3O2S/c1-8-5-14(15-7-13(8)17(18)19)16-10(3)12-6-9(2)20-11(12)4/h5-7,10H,1-4H3,(H,15,16). The van der Waals surface area contributed by atoms with E-state index in [2.05, 4.69) is 37.1 Å². The van der Waals surface area contributed by atoms with Crippen molar-refractivity contribution < 1.29 is 4.92 Å². The third-order valence-corrected chi connectivity index (χ3v) is 4.17. The molecule has 0 aliphatic heterocycles. The van der Waals surface area contributed by atoms with Gasteiger partial charge in [-0.15, -0.1) is 11.3 Å². The molecule has 0 aliphatic carbocycles. The minimum absolute atomic E-state index is 0.0470. The molecule has 1 N–H and O–H groups in total. The molecule has 2 aromatic rings. The maximum atomic E-state index is 10.8. The van der Waals surface area contributed by atoms with E-state index < -0.39 is 4.92 Å². The van der Waals surface area contributed by atoms with Crippen molar-refractivity contribution in [1.82, 2.24) is 4.98 Å². The molecule has 0 radical (unpaired) electrons. The summed E-state index contributed by atoms with van der Waals surface area (Å²) in [6, 6.07) is 3.99. The van der Waals surface area contributed by atoms with Crippen LogP contribution in [0.25, 0.3) is 0 Å². The fourth-order valence-corrected chi connectivity index (χ4v) is 3.22. The molecule has 2 aromatic heterocycles. The van der Waals surface area contributed by atoms with Gasteiger partial charge in [-0.2, -0.15) is 0 Å². The highest BCUT2D eigenvalue weighted by atomic mass is 32.1. The van der Waals surface area contributed by atoms with Crippen LogP contribution >= 0.6 is 11.3 Å². The van der Waals surface area contributed by atoms with Gasteiger partial charge < -0.3 is 5.32 Å². The van der Waals surface area contributed by atoms with E-state index >= 15 is 0 Å². The Balaban J connectivity index is 2.20. The molecule has 0 saturated heterocycles. The molecule has 1 atom stereocenters. The zero-order chi connectivity index (χ0) is 14.9. The van der Waals surface area contributed by atoms with Crippen molar-refractivity contribution in [3.8, 4) is 0 Å². The Morgan fingerprint density at radius 3 is 2.55 bits per heavy atom. The predicted molar refractivity (Wildman–Crippen MR) is 81.5 cm³/mol. The summed E-state index contributed by atoms with van der Waals surface area (Å²) in [5.41, 5.74) is 1.90. The fourth-order valence-electron chi connectivity index (χ4n) is 2.20. The minimum atomic E-state index is -0.415. The highest BCUT2D eigenvalue weighted by Gasteiger charge is 2.15. The Morgan fingerprint density at radius 2 is 2.05 bits per heavy atom. The maximum Gasteiger partial charge on any atom is 0.290 e. The van der Waals surface area contributed by atoms with Crippen LogP contribution in [0.5, 0.6) is 0 Å². The molecule has 0 amide bonds. The van der Waals surface area contributed by atoms with E-state index in [0.29, 0.717) is 11.4 Å². The molecule has 0 spiro atoms.